The number of hydrogen-bond acceptors (Lipinski definition) is 7. The molecular formula is C29H27Cl2N9O2. The topological polar surface area (TPSA) is 125 Å². The largest absolute Gasteiger partial charge is 0.323 e. The van der Waals surface area contributed by atoms with Gasteiger partial charge in [0, 0.05) is 40.9 Å². The minimum Gasteiger partial charge on any atom is -0.323 e. The van der Waals surface area contributed by atoms with Gasteiger partial charge in [-0.2, -0.15) is 5.10 Å². The molecule has 1 aromatic carbocycles. The van der Waals surface area contributed by atoms with Crippen molar-refractivity contribution < 1.29 is 4.79 Å². The van der Waals surface area contributed by atoms with Crippen LogP contribution in [-0.2, 0) is 11.8 Å². The predicted octanol–water partition coefficient (Wildman–Crippen LogP) is 5.25. The van der Waals surface area contributed by atoms with Gasteiger partial charge in [0.25, 0.3) is 5.56 Å². The first kappa shape index (κ1) is 27.8. The summed E-state index contributed by atoms with van der Waals surface area (Å²) in [6.45, 7) is 3.65. The Balaban J connectivity index is 1.47. The molecule has 214 valence electrons. The Hall–Kier alpha value is -4.35. The molecule has 5 aromatic rings. The van der Waals surface area contributed by atoms with E-state index < -0.39 is 6.04 Å². The maximum Gasteiger partial charge on any atom is 0.257 e. The van der Waals surface area contributed by atoms with Crippen LogP contribution in [0.15, 0.2) is 60.0 Å². The van der Waals surface area contributed by atoms with E-state index in [9.17, 15) is 9.59 Å². The summed E-state index contributed by atoms with van der Waals surface area (Å²) in [5, 5.41) is 16.1. The van der Waals surface area contributed by atoms with Gasteiger partial charge in [0.15, 0.2) is 5.15 Å². The van der Waals surface area contributed by atoms with Gasteiger partial charge in [-0.15, -0.1) is 5.10 Å². The highest BCUT2D eigenvalue weighted by molar-refractivity contribution is 6.31. The molecule has 6 rings (SSSR count). The number of hydrogen-bond donors (Lipinski definition) is 1. The number of amides is 1. The number of anilines is 1. The summed E-state index contributed by atoms with van der Waals surface area (Å²) in [7, 11) is 1.83. The molecule has 11 nitrogen and oxygen atoms in total. The second kappa shape index (κ2) is 11.1. The molecule has 42 heavy (non-hydrogen) atoms. The first-order valence-corrected chi connectivity index (χ1v) is 14.2. The fourth-order valence-corrected chi connectivity index (χ4v) is 5.70. The van der Waals surface area contributed by atoms with Gasteiger partial charge in [-0.05, 0) is 50.1 Å². The SMILES string of the molecule is Cc1c(-c2cc(Cl)ccc2-n2cc(Cl)nn2)ncn([C@H]2CCC[C@@H](C)C(=O)Nc3cnn(C)c3-c3ccnc2c3)c1=O. The van der Waals surface area contributed by atoms with E-state index in [1.165, 1.54) is 4.68 Å². The van der Waals surface area contributed by atoms with E-state index >= 15 is 0 Å². The summed E-state index contributed by atoms with van der Waals surface area (Å²) < 4.78 is 4.87. The monoisotopic (exact) mass is 603 g/mol. The molecule has 0 aliphatic carbocycles. The second-order valence-corrected chi connectivity index (χ2v) is 11.2. The van der Waals surface area contributed by atoms with Crippen LogP contribution in [0.25, 0.3) is 28.2 Å². The van der Waals surface area contributed by atoms with Gasteiger partial charge < -0.3 is 5.32 Å². The standard InChI is InChI=1S/C29H27Cl2N9O2/c1-16-5-4-6-24(21-11-18(9-10-32-21)27-22(35-28(16)41)13-34-38(27)3)39-15-33-26(17(2)29(39)42)20-12-19(30)7-8-23(20)40-14-25(31)36-37-40/h7-16,24H,4-6H2,1-3H3,(H,35,41)/t16-,24+/m1/s1. The van der Waals surface area contributed by atoms with Crippen molar-refractivity contribution in [2.75, 3.05) is 5.32 Å². The molecule has 13 heteroatoms. The Bertz CT molecular complexity index is 1880. The van der Waals surface area contributed by atoms with E-state index in [4.69, 9.17) is 28.2 Å². The van der Waals surface area contributed by atoms with Gasteiger partial charge in [0.2, 0.25) is 5.91 Å². The van der Waals surface area contributed by atoms with E-state index in [1.807, 2.05) is 26.1 Å². The zero-order chi connectivity index (χ0) is 29.5. The summed E-state index contributed by atoms with van der Waals surface area (Å²) in [4.78, 5) is 36.4. The number of nitrogens with zero attached hydrogens (tertiary/aromatic N) is 8. The minimum atomic E-state index is -0.406. The first-order chi connectivity index (χ1) is 20.2. The van der Waals surface area contributed by atoms with Crippen molar-refractivity contribution in [2.24, 2.45) is 13.0 Å². The van der Waals surface area contributed by atoms with Crippen molar-refractivity contribution in [1.82, 2.24) is 39.3 Å². The highest BCUT2D eigenvalue weighted by Crippen LogP contribution is 2.34. The van der Waals surface area contributed by atoms with Crippen molar-refractivity contribution in [3.8, 4) is 28.2 Å². The van der Waals surface area contributed by atoms with Crippen molar-refractivity contribution in [1.29, 1.82) is 0 Å². The van der Waals surface area contributed by atoms with Crippen LogP contribution >= 0.6 is 23.2 Å². The maximum absolute atomic E-state index is 14.0. The number of pyridine rings is 1. The zero-order valence-corrected chi connectivity index (χ0v) is 24.6. The van der Waals surface area contributed by atoms with Gasteiger partial charge in [-0.25, -0.2) is 9.67 Å². The molecule has 0 unspecified atom stereocenters. The van der Waals surface area contributed by atoms with Crippen molar-refractivity contribution in [2.45, 2.75) is 39.2 Å². The van der Waals surface area contributed by atoms with Crippen LogP contribution in [0.2, 0.25) is 10.2 Å². The van der Waals surface area contributed by atoms with E-state index in [2.05, 4.69) is 25.7 Å². The average Bonchev–Trinajstić information content (AvgIpc) is 3.57. The Morgan fingerprint density at radius 2 is 1.90 bits per heavy atom. The molecule has 0 spiro atoms. The molecular weight excluding hydrogens is 577 g/mol. The fraction of sp³-hybridized carbons (Fsp3) is 0.276. The van der Waals surface area contributed by atoms with Gasteiger partial charge in [-0.1, -0.05) is 41.8 Å². The molecule has 1 aliphatic rings. The Kier molecular flexibility index (Phi) is 7.38. The van der Waals surface area contributed by atoms with E-state index in [0.29, 0.717) is 52.5 Å². The Morgan fingerprint density at radius 3 is 2.69 bits per heavy atom. The number of aryl methyl sites for hydroxylation is 1. The molecule has 0 saturated heterocycles. The molecule has 4 aromatic heterocycles. The summed E-state index contributed by atoms with van der Waals surface area (Å²) in [6, 6.07) is 8.66. The summed E-state index contributed by atoms with van der Waals surface area (Å²) in [6.07, 6.45) is 8.42. The average molecular weight is 605 g/mol. The highest BCUT2D eigenvalue weighted by atomic mass is 35.5. The van der Waals surface area contributed by atoms with Crippen LogP contribution in [0.3, 0.4) is 0 Å². The van der Waals surface area contributed by atoms with Crippen LogP contribution in [0.4, 0.5) is 5.69 Å². The molecule has 2 atom stereocenters. The summed E-state index contributed by atoms with van der Waals surface area (Å²) >= 11 is 12.4. The third-order valence-corrected chi connectivity index (χ3v) is 8.05. The van der Waals surface area contributed by atoms with Gasteiger partial charge in [0.05, 0.1) is 53.2 Å². The van der Waals surface area contributed by atoms with Crippen LogP contribution < -0.4 is 10.9 Å². The first-order valence-electron chi connectivity index (χ1n) is 13.5. The number of halogens is 2. The molecule has 1 aliphatic heterocycles. The summed E-state index contributed by atoms with van der Waals surface area (Å²) in [5.41, 5.74) is 4.90. The van der Waals surface area contributed by atoms with Gasteiger partial charge >= 0.3 is 0 Å². The molecule has 2 bridgehead atoms. The minimum absolute atomic E-state index is 0.0688. The number of carbonyl (C=O) groups excluding carboxylic acids is 1. The second-order valence-electron chi connectivity index (χ2n) is 10.4. The van der Waals surface area contributed by atoms with Crippen molar-refractivity contribution in [3.05, 3.63) is 87.0 Å². The third-order valence-electron chi connectivity index (χ3n) is 7.64. The number of fused-ring (bicyclic) bond motifs is 4. The number of benzene rings is 1. The zero-order valence-electron chi connectivity index (χ0n) is 23.1. The predicted molar refractivity (Wildman–Crippen MR) is 160 cm³/mol. The van der Waals surface area contributed by atoms with Crippen LogP contribution in [-0.4, -0.2) is 45.2 Å². The third kappa shape index (κ3) is 5.10. The molecule has 0 saturated carbocycles. The normalized spacial score (nSPS) is 17.2. The Morgan fingerprint density at radius 1 is 1.07 bits per heavy atom. The number of rotatable bonds is 3. The fourth-order valence-electron chi connectivity index (χ4n) is 5.40. The van der Waals surface area contributed by atoms with E-state index in [-0.39, 0.29) is 22.5 Å². The van der Waals surface area contributed by atoms with Gasteiger partial charge in [0.1, 0.15) is 0 Å². The summed E-state index contributed by atoms with van der Waals surface area (Å²) in [5.74, 6) is -0.296. The molecule has 0 fully saturated rings. The van der Waals surface area contributed by atoms with Crippen molar-refractivity contribution in [3.63, 3.8) is 0 Å². The van der Waals surface area contributed by atoms with Crippen LogP contribution in [0.1, 0.15) is 43.5 Å². The van der Waals surface area contributed by atoms with E-state index in [0.717, 1.165) is 17.0 Å². The van der Waals surface area contributed by atoms with Crippen LogP contribution in [0.5, 0.6) is 0 Å². The smallest absolute Gasteiger partial charge is 0.257 e. The van der Waals surface area contributed by atoms with E-state index in [1.54, 1.807) is 59.3 Å². The van der Waals surface area contributed by atoms with Crippen molar-refractivity contribution >= 4 is 34.8 Å². The lowest BCUT2D eigenvalue weighted by Gasteiger charge is -2.23. The number of nitrogens with one attached hydrogen (secondary N) is 1. The Labute approximate surface area is 251 Å². The van der Waals surface area contributed by atoms with Crippen LogP contribution in [0, 0.1) is 12.8 Å². The lowest BCUT2D eigenvalue weighted by Crippen LogP contribution is -2.29. The number of carbonyl (C=O) groups is 1. The quantitative estimate of drug-likeness (QED) is 0.298. The maximum atomic E-state index is 14.0. The number of aromatic nitrogens is 8. The highest BCUT2D eigenvalue weighted by Gasteiger charge is 2.25. The molecule has 1 N–H and O–H groups in total. The molecule has 1 amide bonds. The molecule has 0 radical (unpaired) electrons. The molecule has 5 heterocycles. The lowest BCUT2D eigenvalue weighted by molar-refractivity contribution is -0.119. The van der Waals surface area contributed by atoms with Gasteiger partial charge in [-0.3, -0.25) is 23.8 Å². The lowest BCUT2D eigenvalue weighted by atomic mass is 9.96.